The number of hydrogen-bond donors (Lipinski definition) is 1. The number of nitrogens with zero attached hydrogens (tertiary/aromatic N) is 4. The van der Waals surface area contributed by atoms with E-state index in [1.54, 1.807) is 38.2 Å². The molecule has 170 valence electrons. The van der Waals surface area contributed by atoms with Crippen LogP contribution in [0.3, 0.4) is 0 Å². The van der Waals surface area contributed by atoms with Gasteiger partial charge in [-0.05, 0) is 55.5 Å². The van der Waals surface area contributed by atoms with Gasteiger partial charge in [0.05, 0.1) is 21.7 Å². The molecule has 4 aromatic rings. The standard InChI is InChI=1S/C22H19ClN4O5S/c1-13-19-20(18(22(28)29)12-24-21(19)26(2)25-13)27(3)33(30,31)17-10-8-16(9-11-17)32-15-6-4-14(23)5-7-15/h4-12H,1-3H3,(H,28,29). The fourth-order valence-corrected chi connectivity index (χ4v) is 4.83. The van der Waals surface area contributed by atoms with Crippen molar-refractivity contribution in [3.63, 3.8) is 0 Å². The molecule has 0 unspecified atom stereocenters. The number of pyridine rings is 1. The lowest BCUT2D eigenvalue weighted by Gasteiger charge is -2.22. The number of carboxylic acids is 1. The second-order valence-electron chi connectivity index (χ2n) is 7.23. The third kappa shape index (κ3) is 4.10. The largest absolute Gasteiger partial charge is 0.478 e. The van der Waals surface area contributed by atoms with Crippen LogP contribution in [-0.2, 0) is 17.1 Å². The van der Waals surface area contributed by atoms with Crippen LogP contribution in [0.4, 0.5) is 5.69 Å². The van der Waals surface area contributed by atoms with Crippen LogP contribution in [-0.4, -0.2) is 41.3 Å². The maximum atomic E-state index is 13.4. The van der Waals surface area contributed by atoms with Crippen molar-refractivity contribution in [2.45, 2.75) is 11.8 Å². The summed E-state index contributed by atoms with van der Waals surface area (Å²) in [5.41, 5.74) is 0.597. The van der Waals surface area contributed by atoms with Crippen molar-refractivity contribution in [1.29, 1.82) is 0 Å². The second kappa shape index (κ2) is 8.38. The topological polar surface area (TPSA) is 115 Å². The van der Waals surface area contributed by atoms with E-state index >= 15 is 0 Å². The van der Waals surface area contributed by atoms with E-state index in [1.807, 2.05) is 0 Å². The predicted molar refractivity (Wildman–Crippen MR) is 124 cm³/mol. The van der Waals surface area contributed by atoms with Gasteiger partial charge in [-0.25, -0.2) is 18.2 Å². The first-order valence-corrected chi connectivity index (χ1v) is 11.5. The highest BCUT2D eigenvalue weighted by atomic mass is 35.5. The van der Waals surface area contributed by atoms with E-state index in [1.165, 1.54) is 36.0 Å². The van der Waals surface area contributed by atoms with Crippen LogP contribution >= 0.6 is 11.6 Å². The van der Waals surface area contributed by atoms with Gasteiger partial charge >= 0.3 is 5.97 Å². The molecular weight excluding hydrogens is 468 g/mol. The van der Waals surface area contributed by atoms with Crippen molar-refractivity contribution in [2.24, 2.45) is 7.05 Å². The van der Waals surface area contributed by atoms with Gasteiger partial charge in [0.2, 0.25) is 0 Å². The molecule has 4 rings (SSSR count). The van der Waals surface area contributed by atoms with Crippen molar-refractivity contribution in [3.05, 3.63) is 71.0 Å². The summed E-state index contributed by atoms with van der Waals surface area (Å²) in [5, 5.41) is 14.9. The molecule has 0 spiro atoms. The van der Waals surface area contributed by atoms with E-state index in [2.05, 4.69) is 10.1 Å². The van der Waals surface area contributed by atoms with E-state index in [-0.39, 0.29) is 16.1 Å². The Morgan fingerprint density at radius 1 is 1.09 bits per heavy atom. The first-order valence-electron chi connectivity index (χ1n) is 9.67. The maximum absolute atomic E-state index is 13.4. The molecule has 0 saturated carbocycles. The predicted octanol–water partition coefficient (Wildman–Crippen LogP) is 4.25. The van der Waals surface area contributed by atoms with Crippen molar-refractivity contribution in [1.82, 2.24) is 14.8 Å². The highest BCUT2D eigenvalue weighted by Gasteiger charge is 2.29. The Balaban J connectivity index is 1.73. The molecule has 0 amide bonds. The highest BCUT2D eigenvalue weighted by molar-refractivity contribution is 7.92. The van der Waals surface area contributed by atoms with Crippen molar-refractivity contribution >= 4 is 44.3 Å². The molecule has 2 aromatic heterocycles. The number of sulfonamides is 1. The average molecular weight is 487 g/mol. The van der Waals surface area contributed by atoms with Crippen LogP contribution in [0.25, 0.3) is 11.0 Å². The van der Waals surface area contributed by atoms with Crippen molar-refractivity contribution in [2.75, 3.05) is 11.4 Å². The van der Waals surface area contributed by atoms with Crippen LogP contribution in [0.5, 0.6) is 11.5 Å². The van der Waals surface area contributed by atoms with Gasteiger partial charge < -0.3 is 9.84 Å². The molecular formula is C22H19ClN4O5S. The SMILES string of the molecule is Cc1nn(C)c2ncc(C(=O)O)c(N(C)S(=O)(=O)c3ccc(Oc4ccc(Cl)cc4)cc3)c12. The number of ether oxygens (including phenoxy) is 1. The molecule has 33 heavy (non-hydrogen) atoms. The van der Waals surface area contributed by atoms with Gasteiger partial charge in [-0.1, -0.05) is 11.6 Å². The number of aromatic nitrogens is 3. The Bertz CT molecular complexity index is 1470. The summed E-state index contributed by atoms with van der Waals surface area (Å²) in [6, 6.07) is 12.6. The molecule has 0 aliphatic rings. The lowest BCUT2D eigenvalue weighted by molar-refractivity contribution is 0.0697. The number of anilines is 1. The molecule has 9 nitrogen and oxygen atoms in total. The highest BCUT2D eigenvalue weighted by Crippen LogP contribution is 2.35. The molecule has 0 atom stereocenters. The smallest absolute Gasteiger partial charge is 0.339 e. The molecule has 1 N–H and O–H groups in total. The summed E-state index contributed by atoms with van der Waals surface area (Å²) in [4.78, 5) is 16.0. The lowest BCUT2D eigenvalue weighted by atomic mass is 10.1. The first kappa shape index (κ1) is 22.6. The fourth-order valence-electron chi connectivity index (χ4n) is 3.47. The number of aryl methyl sites for hydroxylation is 2. The third-order valence-corrected chi connectivity index (χ3v) is 7.10. The summed E-state index contributed by atoms with van der Waals surface area (Å²) in [6.45, 7) is 1.67. The second-order valence-corrected chi connectivity index (χ2v) is 9.64. The summed E-state index contributed by atoms with van der Waals surface area (Å²) in [7, 11) is -1.15. The van der Waals surface area contributed by atoms with Gasteiger partial charge in [-0.15, -0.1) is 0 Å². The normalized spacial score (nSPS) is 11.5. The van der Waals surface area contributed by atoms with E-state index in [0.717, 1.165) is 10.5 Å². The van der Waals surface area contributed by atoms with E-state index in [0.29, 0.717) is 33.2 Å². The summed E-state index contributed by atoms with van der Waals surface area (Å²) in [5.74, 6) is -0.319. The number of benzene rings is 2. The fraction of sp³-hybridized carbons (Fsp3) is 0.136. The quantitative estimate of drug-likeness (QED) is 0.433. The van der Waals surface area contributed by atoms with Crippen LogP contribution < -0.4 is 9.04 Å². The molecule has 0 fully saturated rings. The number of rotatable bonds is 6. The summed E-state index contributed by atoms with van der Waals surface area (Å²) < 4.78 is 34.9. The Labute approximate surface area is 194 Å². The minimum Gasteiger partial charge on any atom is -0.478 e. The van der Waals surface area contributed by atoms with Gasteiger partial charge in [-0.2, -0.15) is 5.10 Å². The minimum absolute atomic E-state index is 0.000379. The van der Waals surface area contributed by atoms with Crippen LogP contribution in [0.15, 0.2) is 59.6 Å². The maximum Gasteiger partial charge on any atom is 0.339 e. The minimum atomic E-state index is -4.11. The van der Waals surface area contributed by atoms with E-state index < -0.39 is 16.0 Å². The van der Waals surface area contributed by atoms with Gasteiger partial charge in [0.1, 0.15) is 17.1 Å². The van der Waals surface area contributed by atoms with Gasteiger partial charge in [0.25, 0.3) is 10.0 Å². The number of carbonyl (C=O) groups is 1. The summed E-state index contributed by atoms with van der Waals surface area (Å²) in [6.07, 6.45) is 1.14. The number of aromatic carboxylic acids is 1. The molecule has 0 aliphatic carbocycles. The van der Waals surface area contributed by atoms with Gasteiger partial charge in [0, 0.05) is 25.3 Å². The number of hydrogen-bond acceptors (Lipinski definition) is 6. The lowest BCUT2D eigenvalue weighted by Crippen LogP contribution is -2.28. The van der Waals surface area contributed by atoms with Crippen LogP contribution in [0, 0.1) is 6.92 Å². The third-order valence-electron chi connectivity index (χ3n) is 5.08. The van der Waals surface area contributed by atoms with Gasteiger partial charge in [-0.3, -0.25) is 8.99 Å². The molecule has 0 saturated heterocycles. The van der Waals surface area contributed by atoms with Crippen LogP contribution in [0.1, 0.15) is 16.1 Å². The summed E-state index contributed by atoms with van der Waals surface area (Å²) >= 11 is 5.87. The Morgan fingerprint density at radius 2 is 1.67 bits per heavy atom. The van der Waals surface area contributed by atoms with Crippen molar-refractivity contribution < 1.29 is 23.1 Å². The number of halogens is 1. The monoisotopic (exact) mass is 486 g/mol. The zero-order valence-electron chi connectivity index (χ0n) is 17.9. The number of fused-ring (bicyclic) bond motifs is 1. The Morgan fingerprint density at radius 3 is 2.24 bits per heavy atom. The molecule has 0 radical (unpaired) electrons. The first-order chi connectivity index (χ1) is 15.6. The zero-order valence-corrected chi connectivity index (χ0v) is 19.4. The van der Waals surface area contributed by atoms with E-state index in [4.69, 9.17) is 16.3 Å². The Hall–Kier alpha value is -3.63. The van der Waals surface area contributed by atoms with Crippen LogP contribution in [0.2, 0.25) is 5.02 Å². The molecule has 11 heteroatoms. The molecule has 2 aromatic carbocycles. The average Bonchev–Trinajstić information content (AvgIpc) is 3.08. The zero-order chi connectivity index (χ0) is 23.9. The van der Waals surface area contributed by atoms with Crippen molar-refractivity contribution in [3.8, 4) is 11.5 Å². The van der Waals surface area contributed by atoms with Gasteiger partial charge in [0.15, 0.2) is 5.65 Å². The molecule has 2 heterocycles. The molecule has 0 aliphatic heterocycles. The van der Waals surface area contributed by atoms with E-state index in [9.17, 15) is 18.3 Å². The Kier molecular flexibility index (Phi) is 5.73. The number of carboxylic acid groups (broad SMARTS) is 1. The molecule has 0 bridgehead atoms.